The van der Waals surface area contributed by atoms with Crippen molar-refractivity contribution in [3.8, 4) is 11.5 Å². The Balaban J connectivity index is 1.86. The number of benzene rings is 2. The van der Waals surface area contributed by atoms with Gasteiger partial charge in [-0.05, 0) is 29.8 Å². The Hall–Kier alpha value is -2.21. The van der Waals surface area contributed by atoms with Crippen molar-refractivity contribution in [2.75, 3.05) is 5.73 Å². The van der Waals surface area contributed by atoms with Crippen molar-refractivity contribution in [3.63, 3.8) is 0 Å². The normalized spacial score (nSPS) is 10.8. The molecule has 6 heteroatoms. The molecule has 0 aliphatic heterocycles. The van der Waals surface area contributed by atoms with Crippen molar-refractivity contribution in [1.29, 1.82) is 0 Å². The number of aromatic nitrogens is 2. The molecule has 0 fully saturated rings. The van der Waals surface area contributed by atoms with Crippen LogP contribution in [0.1, 0.15) is 11.4 Å². The fourth-order valence-corrected chi connectivity index (χ4v) is 2.36. The van der Waals surface area contributed by atoms with Gasteiger partial charge in [-0.15, -0.1) is 0 Å². The van der Waals surface area contributed by atoms with Gasteiger partial charge in [-0.1, -0.05) is 39.3 Å². The Morgan fingerprint density at radius 1 is 1.19 bits per heavy atom. The largest absolute Gasteiger partial charge is 0.396 e. The molecule has 0 bridgehead atoms. The molecule has 2 N–H and O–H groups in total. The first-order chi connectivity index (χ1) is 10.1. The van der Waals surface area contributed by atoms with Gasteiger partial charge in [0.15, 0.2) is 5.82 Å². The fourth-order valence-electron chi connectivity index (χ4n) is 1.93. The van der Waals surface area contributed by atoms with Crippen molar-refractivity contribution in [3.05, 3.63) is 64.1 Å². The van der Waals surface area contributed by atoms with E-state index in [1.54, 1.807) is 6.07 Å². The Morgan fingerprint density at radius 2 is 2.00 bits per heavy atom. The molecule has 2 aromatic carbocycles. The summed E-state index contributed by atoms with van der Waals surface area (Å²) in [5, 5.41) is 3.94. The number of nitrogens with two attached hydrogens (primary N) is 1. The van der Waals surface area contributed by atoms with E-state index >= 15 is 0 Å². The van der Waals surface area contributed by atoms with Crippen molar-refractivity contribution in [1.82, 2.24) is 10.1 Å². The monoisotopic (exact) mass is 347 g/mol. The van der Waals surface area contributed by atoms with Crippen LogP contribution in [0.4, 0.5) is 10.1 Å². The van der Waals surface area contributed by atoms with Crippen LogP contribution in [-0.2, 0) is 6.42 Å². The van der Waals surface area contributed by atoms with E-state index in [-0.39, 0.29) is 5.69 Å². The zero-order valence-electron chi connectivity index (χ0n) is 10.9. The lowest BCUT2D eigenvalue weighted by molar-refractivity contribution is 0.424. The summed E-state index contributed by atoms with van der Waals surface area (Å²) in [7, 11) is 0. The van der Waals surface area contributed by atoms with Gasteiger partial charge in [0.25, 0.3) is 5.89 Å². The van der Waals surface area contributed by atoms with Crippen LogP contribution in [0.2, 0.25) is 0 Å². The number of halogens is 2. The molecule has 4 nitrogen and oxygen atoms in total. The van der Waals surface area contributed by atoms with Gasteiger partial charge in [0.1, 0.15) is 5.82 Å². The lowest BCUT2D eigenvalue weighted by atomic mass is 10.1. The fraction of sp³-hybridized carbons (Fsp3) is 0.0667. The summed E-state index contributed by atoms with van der Waals surface area (Å²) in [6, 6.07) is 12.1. The van der Waals surface area contributed by atoms with Gasteiger partial charge in [0.05, 0.1) is 5.69 Å². The molecule has 1 heterocycles. The molecule has 0 radical (unpaired) electrons. The molecule has 21 heavy (non-hydrogen) atoms. The molecule has 0 spiro atoms. The summed E-state index contributed by atoms with van der Waals surface area (Å²) in [6.45, 7) is 0. The second-order valence-electron chi connectivity index (χ2n) is 4.52. The van der Waals surface area contributed by atoms with Gasteiger partial charge in [-0.25, -0.2) is 4.39 Å². The summed E-state index contributed by atoms with van der Waals surface area (Å²) in [5.41, 5.74) is 7.25. The smallest absolute Gasteiger partial charge is 0.258 e. The summed E-state index contributed by atoms with van der Waals surface area (Å²) < 4.78 is 19.3. The molecule has 0 unspecified atom stereocenters. The molecule has 106 valence electrons. The topological polar surface area (TPSA) is 64.9 Å². The third-order valence-electron chi connectivity index (χ3n) is 3.02. The Bertz CT molecular complexity index is 788. The Labute approximate surface area is 128 Å². The highest BCUT2D eigenvalue weighted by Crippen LogP contribution is 2.23. The maximum Gasteiger partial charge on any atom is 0.258 e. The van der Waals surface area contributed by atoms with E-state index in [2.05, 4.69) is 26.1 Å². The lowest BCUT2D eigenvalue weighted by Crippen LogP contribution is -1.93. The number of nitrogens with zero attached hydrogens (tertiary/aromatic N) is 2. The number of hydrogen-bond donors (Lipinski definition) is 1. The van der Waals surface area contributed by atoms with Crippen LogP contribution in [0.5, 0.6) is 0 Å². The average Bonchev–Trinajstić information content (AvgIpc) is 2.93. The van der Waals surface area contributed by atoms with E-state index in [9.17, 15) is 4.39 Å². The molecule has 0 atom stereocenters. The van der Waals surface area contributed by atoms with Crippen LogP contribution in [0.15, 0.2) is 51.5 Å². The minimum atomic E-state index is -0.466. The molecule has 0 aliphatic rings. The zero-order valence-corrected chi connectivity index (χ0v) is 12.5. The average molecular weight is 348 g/mol. The lowest BCUT2D eigenvalue weighted by Gasteiger charge is -1.99. The van der Waals surface area contributed by atoms with E-state index in [4.69, 9.17) is 10.3 Å². The zero-order chi connectivity index (χ0) is 14.8. The molecule has 1 aromatic heterocycles. The minimum absolute atomic E-state index is 0.0538. The second-order valence-corrected chi connectivity index (χ2v) is 5.37. The quantitative estimate of drug-likeness (QED) is 0.731. The van der Waals surface area contributed by atoms with Gasteiger partial charge >= 0.3 is 0 Å². The van der Waals surface area contributed by atoms with E-state index in [0.29, 0.717) is 23.7 Å². The Morgan fingerprint density at radius 3 is 2.76 bits per heavy atom. The molecule has 3 rings (SSSR count). The predicted molar refractivity (Wildman–Crippen MR) is 81.1 cm³/mol. The molecule has 0 saturated heterocycles. The minimum Gasteiger partial charge on any atom is -0.396 e. The highest BCUT2D eigenvalue weighted by atomic mass is 79.9. The van der Waals surface area contributed by atoms with Crippen molar-refractivity contribution >= 4 is 21.6 Å². The first kappa shape index (κ1) is 13.8. The van der Waals surface area contributed by atoms with Gasteiger partial charge in [0, 0.05) is 16.5 Å². The van der Waals surface area contributed by atoms with Gasteiger partial charge in [-0.2, -0.15) is 4.98 Å². The van der Waals surface area contributed by atoms with E-state index in [1.165, 1.54) is 12.1 Å². The molecule has 0 amide bonds. The summed E-state index contributed by atoms with van der Waals surface area (Å²) in [5.74, 6) is 0.412. The molecule has 0 saturated carbocycles. The number of anilines is 1. The van der Waals surface area contributed by atoms with Crippen molar-refractivity contribution in [2.45, 2.75) is 6.42 Å². The third-order valence-corrected chi connectivity index (χ3v) is 3.79. The highest BCUT2D eigenvalue weighted by molar-refractivity contribution is 9.10. The van der Waals surface area contributed by atoms with Crippen LogP contribution in [0.25, 0.3) is 11.5 Å². The molecular formula is C15H11BrFN3O. The maximum absolute atomic E-state index is 13.2. The number of hydrogen-bond acceptors (Lipinski definition) is 4. The van der Waals surface area contributed by atoms with E-state index < -0.39 is 5.82 Å². The van der Waals surface area contributed by atoms with Crippen LogP contribution < -0.4 is 5.73 Å². The summed E-state index contributed by atoms with van der Waals surface area (Å²) in [6.07, 6.45) is 0.543. The van der Waals surface area contributed by atoms with Crippen molar-refractivity contribution < 1.29 is 8.91 Å². The SMILES string of the molecule is Nc1cc(-c2nc(Cc3ccccc3Br)no2)ccc1F. The van der Waals surface area contributed by atoms with Crippen LogP contribution >= 0.6 is 15.9 Å². The first-order valence-electron chi connectivity index (χ1n) is 6.25. The first-order valence-corrected chi connectivity index (χ1v) is 7.04. The van der Waals surface area contributed by atoms with Crippen LogP contribution in [0.3, 0.4) is 0 Å². The summed E-state index contributed by atoms with van der Waals surface area (Å²) >= 11 is 3.48. The van der Waals surface area contributed by atoms with Gasteiger partial charge < -0.3 is 10.3 Å². The van der Waals surface area contributed by atoms with Gasteiger partial charge in [-0.3, -0.25) is 0 Å². The van der Waals surface area contributed by atoms with E-state index in [1.807, 2.05) is 24.3 Å². The highest BCUT2D eigenvalue weighted by Gasteiger charge is 2.12. The van der Waals surface area contributed by atoms with E-state index in [0.717, 1.165) is 10.0 Å². The van der Waals surface area contributed by atoms with Gasteiger partial charge in [0.2, 0.25) is 0 Å². The standard InChI is InChI=1S/C15H11BrFN3O/c16-11-4-2-1-3-9(11)8-14-19-15(21-20-14)10-5-6-12(17)13(18)7-10/h1-7H,8,18H2. The van der Waals surface area contributed by atoms with Crippen LogP contribution in [0, 0.1) is 5.82 Å². The number of nitrogen functional groups attached to an aromatic ring is 1. The summed E-state index contributed by atoms with van der Waals surface area (Å²) in [4.78, 5) is 4.31. The second kappa shape index (κ2) is 5.65. The van der Waals surface area contributed by atoms with Crippen molar-refractivity contribution in [2.24, 2.45) is 0 Å². The molecular weight excluding hydrogens is 337 g/mol. The van der Waals surface area contributed by atoms with Crippen LogP contribution in [-0.4, -0.2) is 10.1 Å². The number of rotatable bonds is 3. The maximum atomic E-state index is 13.2. The molecule has 0 aliphatic carbocycles. The predicted octanol–water partition coefficient (Wildman–Crippen LogP) is 3.81. The molecule has 3 aromatic rings. The Kier molecular flexibility index (Phi) is 3.70. The third kappa shape index (κ3) is 2.95.